The molecule has 0 unspecified atom stereocenters. The summed E-state index contributed by atoms with van der Waals surface area (Å²) in [7, 11) is 0. The Bertz CT molecular complexity index is 637. The lowest BCUT2D eigenvalue weighted by Crippen LogP contribution is -1.85. The molecule has 4 nitrogen and oxygen atoms in total. The van der Waals surface area contributed by atoms with Gasteiger partial charge in [0.15, 0.2) is 0 Å². The number of aliphatic carboxylic acids is 1. The van der Waals surface area contributed by atoms with Crippen LogP contribution in [0.4, 0.5) is 0 Å². The normalized spacial score (nSPS) is 10.0. The van der Waals surface area contributed by atoms with Crippen molar-refractivity contribution < 1.29 is 20.1 Å². The summed E-state index contributed by atoms with van der Waals surface area (Å²) < 4.78 is 0. The fourth-order valence-electron chi connectivity index (χ4n) is 1.23. The summed E-state index contributed by atoms with van der Waals surface area (Å²) in [4.78, 5) is 10.1. The van der Waals surface area contributed by atoms with Crippen LogP contribution in [0.5, 0.6) is 11.5 Å². The number of aromatic hydroxyl groups is 2. The number of rotatable bonds is 2. The molecule has 21 heavy (non-hydrogen) atoms. The van der Waals surface area contributed by atoms with Crippen molar-refractivity contribution in [2.45, 2.75) is 0 Å². The molecule has 0 saturated heterocycles. The van der Waals surface area contributed by atoms with Gasteiger partial charge in [0.1, 0.15) is 11.5 Å². The number of carboxylic acid groups (broad SMARTS) is 1. The van der Waals surface area contributed by atoms with Crippen LogP contribution in [0.3, 0.4) is 0 Å². The SMILES string of the molecule is O=C(O)C=Cc1ccc(O)cc1.Oc1ccc(Cl)cc1Cl. The maximum Gasteiger partial charge on any atom is 0.328 e. The number of carbonyl (C=O) groups is 1. The van der Waals surface area contributed by atoms with E-state index >= 15 is 0 Å². The van der Waals surface area contributed by atoms with Crippen molar-refractivity contribution in [2.75, 3.05) is 0 Å². The van der Waals surface area contributed by atoms with Gasteiger partial charge in [0, 0.05) is 11.1 Å². The van der Waals surface area contributed by atoms with Gasteiger partial charge >= 0.3 is 5.97 Å². The van der Waals surface area contributed by atoms with E-state index in [9.17, 15) is 4.79 Å². The maximum atomic E-state index is 10.1. The second-order valence-electron chi connectivity index (χ2n) is 3.86. The molecule has 0 aliphatic carbocycles. The van der Waals surface area contributed by atoms with Gasteiger partial charge in [-0.2, -0.15) is 0 Å². The molecule has 0 aliphatic heterocycles. The van der Waals surface area contributed by atoms with E-state index < -0.39 is 5.97 Å². The largest absolute Gasteiger partial charge is 0.508 e. The van der Waals surface area contributed by atoms with Crippen molar-refractivity contribution in [2.24, 2.45) is 0 Å². The van der Waals surface area contributed by atoms with E-state index in [-0.39, 0.29) is 16.5 Å². The van der Waals surface area contributed by atoms with Crippen LogP contribution in [0.15, 0.2) is 48.5 Å². The monoisotopic (exact) mass is 326 g/mol. The van der Waals surface area contributed by atoms with E-state index in [1.807, 2.05) is 0 Å². The Labute approximate surface area is 131 Å². The lowest BCUT2D eigenvalue weighted by Gasteiger charge is -1.93. The van der Waals surface area contributed by atoms with Crippen molar-refractivity contribution >= 4 is 35.2 Å². The first kappa shape index (κ1) is 16.9. The first-order chi connectivity index (χ1) is 9.88. The fraction of sp³-hybridized carbons (Fsp3) is 0. The maximum absolute atomic E-state index is 10.1. The molecule has 3 N–H and O–H groups in total. The van der Waals surface area contributed by atoms with Crippen LogP contribution in [0.25, 0.3) is 6.08 Å². The average Bonchev–Trinajstić information content (AvgIpc) is 2.43. The van der Waals surface area contributed by atoms with E-state index in [2.05, 4.69) is 0 Å². The minimum absolute atomic E-state index is 0.0565. The number of carboxylic acids is 1. The summed E-state index contributed by atoms with van der Waals surface area (Å²) in [6, 6.07) is 10.8. The molecule has 0 radical (unpaired) electrons. The zero-order valence-electron chi connectivity index (χ0n) is 10.7. The topological polar surface area (TPSA) is 77.8 Å². The molecule has 6 heteroatoms. The second kappa shape index (κ2) is 8.19. The molecule has 0 aliphatic rings. The molecule has 0 saturated carbocycles. The van der Waals surface area contributed by atoms with Crippen molar-refractivity contribution in [1.82, 2.24) is 0 Å². The van der Waals surface area contributed by atoms with E-state index in [1.54, 1.807) is 18.2 Å². The average molecular weight is 327 g/mol. The van der Waals surface area contributed by atoms with E-state index in [4.69, 9.17) is 38.5 Å². The van der Waals surface area contributed by atoms with E-state index in [0.29, 0.717) is 5.02 Å². The van der Waals surface area contributed by atoms with Crippen LogP contribution in [0.1, 0.15) is 5.56 Å². The molecule has 0 amide bonds. The van der Waals surface area contributed by atoms with Crippen LogP contribution in [0, 0.1) is 0 Å². The van der Waals surface area contributed by atoms with E-state index in [0.717, 1.165) is 11.6 Å². The van der Waals surface area contributed by atoms with Gasteiger partial charge < -0.3 is 15.3 Å². The highest BCUT2D eigenvalue weighted by molar-refractivity contribution is 6.35. The highest BCUT2D eigenvalue weighted by Crippen LogP contribution is 2.25. The molecule has 110 valence electrons. The summed E-state index contributed by atoms with van der Waals surface area (Å²) in [6.45, 7) is 0. The third kappa shape index (κ3) is 6.70. The molecule has 2 aromatic rings. The summed E-state index contributed by atoms with van der Waals surface area (Å²) in [5, 5.41) is 26.8. The number of hydrogen-bond acceptors (Lipinski definition) is 3. The van der Waals surface area contributed by atoms with E-state index in [1.165, 1.54) is 30.3 Å². The van der Waals surface area contributed by atoms with Crippen molar-refractivity contribution in [3.05, 3.63) is 64.1 Å². The lowest BCUT2D eigenvalue weighted by atomic mass is 10.2. The zero-order chi connectivity index (χ0) is 15.8. The molecule has 0 heterocycles. The first-order valence-electron chi connectivity index (χ1n) is 5.72. The number of phenolic OH excluding ortho intramolecular Hbond substituents is 2. The second-order valence-corrected chi connectivity index (χ2v) is 4.70. The molecule has 2 aromatic carbocycles. The number of hydrogen-bond donors (Lipinski definition) is 3. The highest BCUT2D eigenvalue weighted by atomic mass is 35.5. The molecule has 0 spiro atoms. The van der Waals surface area contributed by atoms with Gasteiger partial charge in [-0.05, 0) is 42.0 Å². The van der Waals surface area contributed by atoms with Gasteiger partial charge in [0.05, 0.1) is 5.02 Å². The third-order valence-electron chi connectivity index (χ3n) is 2.22. The first-order valence-corrected chi connectivity index (χ1v) is 6.48. The number of phenols is 2. The summed E-state index contributed by atoms with van der Waals surface area (Å²) in [6.07, 6.45) is 2.51. The molecule has 0 bridgehead atoms. The Kier molecular flexibility index (Phi) is 6.59. The van der Waals surface area contributed by atoms with Crippen molar-refractivity contribution in [3.63, 3.8) is 0 Å². The highest BCUT2D eigenvalue weighted by Gasteiger charge is 1.95. The Morgan fingerprint density at radius 3 is 2.10 bits per heavy atom. The van der Waals surface area contributed by atoms with Gasteiger partial charge in [-0.3, -0.25) is 0 Å². The summed E-state index contributed by atoms with van der Waals surface area (Å²) in [5.74, 6) is -0.758. The zero-order valence-corrected chi connectivity index (χ0v) is 12.2. The van der Waals surface area contributed by atoms with Crippen LogP contribution in [-0.2, 0) is 4.79 Å². The predicted molar refractivity (Wildman–Crippen MR) is 82.9 cm³/mol. The fourth-order valence-corrected chi connectivity index (χ4v) is 1.64. The van der Waals surface area contributed by atoms with Gasteiger partial charge in [-0.1, -0.05) is 35.3 Å². The Morgan fingerprint density at radius 1 is 1.00 bits per heavy atom. The Hall–Kier alpha value is -2.17. The van der Waals surface area contributed by atoms with Gasteiger partial charge in [0.2, 0.25) is 0 Å². The minimum atomic E-state index is -0.983. The van der Waals surface area contributed by atoms with Crippen LogP contribution >= 0.6 is 23.2 Å². The molecule has 2 rings (SSSR count). The van der Waals surface area contributed by atoms with Crippen molar-refractivity contribution in [1.29, 1.82) is 0 Å². The van der Waals surface area contributed by atoms with Crippen molar-refractivity contribution in [3.8, 4) is 11.5 Å². The van der Waals surface area contributed by atoms with Gasteiger partial charge in [-0.25, -0.2) is 4.79 Å². The van der Waals surface area contributed by atoms with Gasteiger partial charge in [0.25, 0.3) is 0 Å². The minimum Gasteiger partial charge on any atom is -0.508 e. The van der Waals surface area contributed by atoms with Gasteiger partial charge in [-0.15, -0.1) is 0 Å². The van der Waals surface area contributed by atoms with Crippen LogP contribution in [-0.4, -0.2) is 21.3 Å². The summed E-state index contributed by atoms with van der Waals surface area (Å²) >= 11 is 11.0. The lowest BCUT2D eigenvalue weighted by molar-refractivity contribution is -0.131. The predicted octanol–water partition coefficient (Wildman–Crippen LogP) is 4.19. The number of benzene rings is 2. The molecular weight excluding hydrogens is 315 g/mol. The molecule has 0 fully saturated rings. The summed E-state index contributed by atoms with van der Waals surface area (Å²) in [5.41, 5.74) is 0.746. The number of halogens is 2. The molecular formula is C15H12Cl2O4. The van der Waals surface area contributed by atoms with Crippen LogP contribution < -0.4 is 0 Å². The molecule has 0 aromatic heterocycles. The smallest absolute Gasteiger partial charge is 0.328 e. The standard InChI is InChI=1S/C9H8O3.C6H4Cl2O/c10-8-4-1-7(2-5-8)3-6-9(11)12;7-4-1-2-6(9)5(8)3-4/h1-6,10H,(H,11,12);1-3,9H. The Morgan fingerprint density at radius 2 is 1.62 bits per heavy atom. The van der Waals surface area contributed by atoms with Crippen LogP contribution in [0.2, 0.25) is 10.0 Å². The molecule has 0 atom stereocenters. The Balaban J connectivity index is 0.000000219. The third-order valence-corrected chi connectivity index (χ3v) is 2.76. The quantitative estimate of drug-likeness (QED) is 0.723.